The molecule has 1 aromatic rings. The highest BCUT2D eigenvalue weighted by molar-refractivity contribution is 14.1. The van der Waals surface area contributed by atoms with Gasteiger partial charge in [0.25, 0.3) is 5.91 Å². The molecule has 0 aromatic heterocycles. The van der Waals surface area contributed by atoms with Gasteiger partial charge in [0.1, 0.15) is 6.10 Å². The summed E-state index contributed by atoms with van der Waals surface area (Å²) in [5.41, 5.74) is 7.23. The third kappa shape index (κ3) is 4.79. The van der Waals surface area contributed by atoms with Crippen LogP contribution >= 0.6 is 35.0 Å². The van der Waals surface area contributed by atoms with Crippen LogP contribution in [0.4, 0.5) is 5.69 Å². The maximum absolute atomic E-state index is 11.7. The van der Waals surface area contributed by atoms with Crippen molar-refractivity contribution in [2.24, 2.45) is 5.73 Å². The molecule has 1 amide bonds. The van der Waals surface area contributed by atoms with E-state index in [0.29, 0.717) is 0 Å². The van der Waals surface area contributed by atoms with E-state index < -0.39 is 6.10 Å². The van der Waals surface area contributed by atoms with Crippen molar-refractivity contribution in [2.75, 3.05) is 19.0 Å². The first-order valence-electron chi connectivity index (χ1n) is 4.88. The third-order valence-corrected chi connectivity index (χ3v) is 2.91. The zero-order valence-corrected chi connectivity index (χ0v) is 12.7. The molecule has 0 saturated carbocycles. The minimum Gasteiger partial charge on any atom is -0.370 e. The van der Waals surface area contributed by atoms with Gasteiger partial charge in [0, 0.05) is 22.9 Å². The highest BCUT2D eigenvalue weighted by Gasteiger charge is 2.16. The van der Waals surface area contributed by atoms with Gasteiger partial charge >= 0.3 is 0 Å². The van der Waals surface area contributed by atoms with E-state index >= 15 is 0 Å². The molecule has 0 radical (unpaired) electrons. The summed E-state index contributed by atoms with van der Waals surface area (Å²) in [5.74, 6) is -0.214. The molecule has 1 atom stereocenters. The lowest BCUT2D eigenvalue weighted by Crippen LogP contribution is -2.36. The molecule has 1 rings (SSSR count). The molecule has 6 heteroatoms. The van der Waals surface area contributed by atoms with Crippen LogP contribution in [0.5, 0.6) is 0 Å². The van der Waals surface area contributed by atoms with Crippen molar-refractivity contribution in [3.63, 3.8) is 0 Å². The van der Waals surface area contributed by atoms with E-state index in [2.05, 4.69) is 27.9 Å². The molecule has 0 aliphatic heterocycles. The number of halogens is 2. The van der Waals surface area contributed by atoms with Gasteiger partial charge in [-0.1, -0.05) is 0 Å². The molecule has 0 saturated heterocycles. The second kappa shape index (κ2) is 7.86. The van der Waals surface area contributed by atoms with E-state index in [1.807, 2.05) is 25.1 Å². The minimum atomic E-state index is -0.598. The number of hydrogen-bond acceptors (Lipinski definition) is 3. The van der Waals surface area contributed by atoms with Crippen LogP contribution in [0.1, 0.15) is 5.56 Å². The topological polar surface area (TPSA) is 64.3 Å². The molecule has 1 unspecified atom stereocenters. The number of ether oxygens (including phenoxy) is 1. The van der Waals surface area contributed by atoms with Gasteiger partial charge in [0.05, 0.1) is 0 Å². The third-order valence-electron chi connectivity index (χ3n) is 2.24. The van der Waals surface area contributed by atoms with Gasteiger partial charge in [0.2, 0.25) is 0 Å². The molecule has 4 nitrogen and oxygen atoms in total. The van der Waals surface area contributed by atoms with Crippen LogP contribution in [-0.2, 0) is 9.53 Å². The Morgan fingerprint density at radius 3 is 2.71 bits per heavy atom. The van der Waals surface area contributed by atoms with Gasteiger partial charge in [0.15, 0.2) is 0 Å². The Bertz CT molecular complexity index is 384. The molecule has 0 heterocycles. The number of nitrogens with two attached hydrogens (primary N) is 1. The fraction of sp³-hybridized carbons (Fsp3) is 0.364. The summed E-state index contributed by atoms with van der Waals surface area (Å²) in [6.45, 7) is 2.12. The summed E-state index contributed by atoms with van der Waals surface area (Å²) in [6, 6.07) is 5.81. The quantitative estimate of drug-likeness (QED) is 0.796. The maximum atomic E-state index is 11.7. The second-order valence-electron chi connectivity index (χ2n) is 3.41. The number of benzene rings is 1. The summed E-state index contributed by atoms with van der Waals surface area (Å²) < 4.78 is 6.09. The van der Waals surface area contributed by atoms with Crippen molar-refractivity contribution in [2.45, 2.75) is 13.0 Å². The predicted octanol–water partition coefficient (Wildman–Crippen LogP) is 1.93. The number of nitrogens with one attached hydrogen (secondary N) is 1. The lowest BCUT2D eigenvalue weighted by atomic mass is 10.2. The summed E-state index contributed by atoms with van der Waals surface area (Å²) in [7, 11) is 1.47. The Labute approximate surface area is 121 Å². The van der Waals surface area contributed by atoms with Crippen LogP contribution in [0.2, 0.25) is 0 Å². The van der Waals surface area contributed by atoms with E-state index in [0.717, 1.165) is 14.8 Å². The summed E-state index contributed by atoms with van der Waals surface area (Å²) in [6.07, 6.45) is -0.598. The standard InChI is InChI=1S/C11H15IN2O2.ClH/c1-7-5-8(12)3-4-9(7)14-11(15)10(6-13)16-2;/h3-5,10H,6,13H2,1-2H3,(H,14,15);1H. The highest BCUT2D eigenvalue weighted by atomic mass is 127. The number of carbonyl (C=O) groups is 1. The Morgan fingerprint density at radius 1 is 1.59 bits per heavy atom. The zero-order chi connectivity index (χ0) is 12.1. The number of amides is 1. The Balaban J connectivity index is 0.00000256. The fourth-order valence-corrected chi connectivity index (χ4v) is 1.94. The monoisotopic (exact) mass is 370 g/mol. The van der Waals surface area contributed by atoms with E-state index in [9.17, 15) is 4.79 Å². The molecule has 0 bridgehead atoms. The van der Waals surface area contributed by atoms with E-state index in [4.69, 9.17) is 10.5 Å². The molecular formula is C11H16ClIN2O2. The van der Waals surface area contributed by atoms with E-state index in [-0.39, 0.29) is 24.9 Å². The van der Waals surface area contributed by atoms with Crippen LogP contribution in [-0.4, -0.2) is 25.7 Å². The van der Waals surface area contributed by atoms with Crippen molar-refractivity contribution < 1.29 is 9.53 Å². The lowest BCUT2D eigenvalue weighted by Gasteiger charge is -2.14. The summed E-state index contributed by atoms with van der Waals surface area (Å²) in [4.78, 5) is 11.7. The largest absolute Gasteiger partial charge is 0.370 e. The van der Waals surface area contributed by atoms with Gasteiger partial charge in [-0.3, -0.25) is 4.79 Å². The van der Waals surface area contributed by atoms with Gasteiger partial charge < -0.3 is 15.8 Å². The van der Waals surface area contributed by atoms with Crippen molar-refractivity contribution in [1.82, 2.24) is 0 Å². The van der Waals surface area contributed by atoms with Gasteiger partial charge in [-0.25, -0.2) is 0 Å². The average molecular weight is 371 g/mol. The van der Waals surface area contributed by atoms with Crippen LogP contribution in [0.15, 0.2) is 18.2 Å². The van der Waals surface area contributed by atoms with E-state index in [1.54, 1.807) is 0 Å². The number of hydrogen-bond donors (Lipinski definition) is 2. The van der Waals surface area contributed by atoms with Crippen molar-refractivity contribution in [1.29, 1.82) is 0 Å². The molecular weight excluding hydrogens is 354 g/mol. The SMILES string of the molecule is COC(CN)C(=O)Nc1ccc(I)cc1C.Cl. The maximum Gasteiger partial charge on any atom is 0.254 e. The molecule has 3 N–H and O–H groups in total. The Kier molecular flexibility index (Phi) is 7.69. The van der Waals surface area contributed by atoms with Gasteiger partial charge in [-0.15, -0.1) is 12.4 Å². The normalized spacial score (nSPS) is 11.5. The Hall–Kier alpha value is -0.370. The molecule has 0 aliphatic rings. The van der Waals surface area contributed by atoms with Crippen LogP contribution in [0.25, 0.3) is 0 Å². The van der Waals surface area contributed by atoms with Crippen molar-refractivity contribution >= 4 is 46.6 Å². The number of anilines is 1. The number of carbonyl (C=O) groups excluding carboxylic acids is 1. The second-order valence-corrected chi connectivity index (χ2v) is 4.65. The molecule has 0 spiro atoms. The van der Waals surface area contributed by atoms with Crippen LogP contribution in [0, 0.1) is 10.5 Å². The molecule has 96 valence electrons. The summed E-state index contributed by atoms with van der Waals surface area (Å²) >= 11 is 2.23. The number of rotatable bonds is 4. The first-order valence-corrected chi connectivity index (χ1v) is 5.96. The van der Waals surface area contributed by atoms with E-state index in [1.165, 1.54) is 7.11 Å². The van der Waals surface area contributed by atoms with Crippen molar-refractivity contribution in [3.8, 4) is 0 Å². The predicted molar refractivity (Wildman–Crippen MR) is 79.6 cm³/mol. The smallest absolute Gasteiger partial charge is 0.254 e. The molecule has 17 heavy (non-hydrogen) atoms. The van der Waals surface area contributed by atoms with Crippen molar-refractivity contribution in [3.05, 3.63) is 27.3 Å². The zero-order valence-electron chi connectivity index (χ0n) is 9.70. The van der Waals surface area contributed by atoms with Crippen LogP contribution in [0.3, 0.4) is 0 Å². The number of methoxy groups -OCH3 is 1. The van der Waals surface area contributed by atoms with Gasteiger partial charge in [-0.05, 0) is 53.3 Å². The number of aryl methyl sites for hydroxylation is 1. The first-order chi connectivity index (χ1) is 7.58. The highest BCUT2D eigenvalue weighted by Crippen LogP contribution is 2.17. The molecule has 1 aromatic carbocycles. The summed E-state index contributed by atoms with van der Waals surface area (Å²) in [5, 5.41) is 2.79. The Morgan fingerprint density at radius 2 is 2.24 bits per heavy atom. The van der Waals surface area contributed by atoms with Gasteiger partial charge in [-0.2, -0.15) is 0 Å². The molecule has 0 fully saturated rings. The van der Waals surface area contributed by atoms with Crippen LogP contribution < -0.4 is 11.1 Å². The first kappa shape index (κ1) is 16.6. The molecule has 0 aliphatic carbocycles. The average Bonchev–Trinajstić information content (AvgIpc) is 2.24. The fourth-order valence-electron chi connectivity index (χ4n) is 1.29. The minimum absolute atomic E-state index is 0. The lowest BCUT2D eigenvalue weighted by molar-refractivity contribution is -0.125.